The molecule has 0 radical (unpaired) electrons. The van der Waals surface area contributed by atoms with Crippen molar-refractivity contribution in [3.8, 4) is 11.8 Å². The highest BCUT2D eigenvalue weighted by Gasteiger charge is 2.16. The fourth-order valence-electron chi connectivity index (χ4n) is 1.85. The number of halogens is 1. The van der Waals surface area contributed by atoms with Crippen LogP contribution in [0.5, 0.6) is 0 Å². The molecule has 2 heterocycles. The van der Waals surface area contributed by atoms with Crippen LogP contribution in [0, 0.1) is 17.1 Å². The average Bonchev–Trinajstić information content (AvgIpc) is 2.84. The van der Waals surface area contributed by atoms with Gasteiger partial charge in [0, 0.05) is 0 Å². The van der Waals surface area contributed by atoms with E-state index >= 15 is 0 Å². The third-order valence-corrected chi connectivity index (χ3v) is 2.84. The topological polar surface area (TPSA) is 119 Å². The maximum atomic E-state index is 12.9. The number of nitrogens with two attached hydrogens (primary N) is 2. The van der Waals surface area contributed by atoms with Crippen molar-refractivity contribution in [2.75, 3.05) is 11.5 Å². The zero-order chi connectivity index (χ0) is 14.3. The van der Waals surface area contributed by atoms with Gasteiger partial charge in [0.1, 0.15) is 23.3 Å². The van der Waals surface area contributed by atoms with Gasteiger partial charge in [-0.2, -0.15) is 9.94 Å². The molecule has 0 aliphatic rings. The largest absolute Gasteiger partial charge is 0.396 e. The van der Waals surface area contributed by atoms with E-state index in [9.17, 15) is 4.39 Å². The van der Waals surface area contributed by atoms with Crippen LogP contribution in [0.3, 0.4) is 0 Å². The minimum Gasteiger partial charge on any atom is -0.396 e. The van der Waals surface area contributed by atoms with E-state index in [1.54, 1.807) is 0 Å². The van der Waals surface area contributed by atoms with Crippen LogP contribution in [0.15, 0.2) is 24.3 Å². The molecule has 0 spiro atoms. The van der Waals surface area contributed by atoms with Crippen LogP contribution in [-0.2, 0) is 0 Å². The molecule has 8 heteroatoms. The van der Waals surface area contributed by atoms with E-state index in [1.807, 2.05) is 6.07 Å². The second kappa shape index (κ2) is 4.17. The normalized spacial score (nSPS) is 10.6. The number of hydrogen-bond donors (Lipinski definition) is 2. The Labute approximate surface area is 112 Å². The summed E-state index contributed by atoms with van der Waals surface area (Å²) in [5, 5.41) is 16.8. The van der Waals surface area contributed by atoms with Crippen molar-refractivity contribution in [3.63, 3.8) is 0 Å². The summed E-state index contributed by atoms with van der Waals surface area (Å²) in [6.07, 6.45) is 0. The number of benzene rings is 1. The molecular formula is C12H8FN7. The smallest absolute Gasteiger partial charge is 0.187 e. The first-order valence-corrected chi connectivity index (χ1v) is 5.58. The van der Waals surface area contributed by atoms with Crippen LogP contribution in [-0.4, -0.2) is 20.0 Å². The summed E-state index contributed by atoms with van der Waals surface area (Å²) >= 11 is 0. The first kappa shape index (κ1) is 11.9. The van der Waals surface area contributed by atoms with Gasteiger partial charge in [-0.15, -0.1) is 5.10 Å². The maximum Gasteiger partial charge on any atom is 0.187 e. The number of nitrogens with zero attached hydrogens (tertiary/aromatic N) is 5. The van der Waals surface area contributed by atoms with Gasteiger partial charge < -0.3 is 11.5 Å². The molecule has 1 aromatic carbocycles. The highest BCUT2D eigenvalue weighted by Crippen LogP contribution is 2.26. The Hall–Kier alpha value is -3.21. The van der Waals surface area contributed by atoms with Crippen molar-refractivity contribution >= 4 is 22.7 Å². The first-order chi connectivity index (χ1) is 9.61. The summed E-state index contributed by atoms with van der Waals surface area (Å²) in [6.45, 7) is 0. The van der Waals surface area contributed by atoms with E-state index in [-0.39, 0.29) is 28.4 Å². The lowest BCUT2D eigenvalue weighted by Gasteiger charge is -2.04. The fraction of sp³-hybridized carbons (Fsp3) is 0. The summed E-state index contributed by atoms with van der Waals surface area (Å²) in [6, 6.07) is 7.50. The van der Waals surface area contributed by atoms with Gasteiger partial charge in [0.05, 0.1) is 11.4 Å². The predicted molar refractivity (Wildman–Crippen MR) is 70.2 cm³/mol. The van der Waals surface area contributed by atoms with Crippen LogP contribution in [0.25, 0.3) is 16.9 Å². The number of anilines is 2. The Bertz CT molecular complexity index is 845. The summed E-state index contributed by atoms with van der Waals surface area (Å²) in [5.74, 6) is -0.361. The third-order valence-electron chi connectivity index (χ3n) is 2.84. The third kappa shape index (κ3) is 1.61. The predicted octanol–water partition coefficient (Wildman–Crippen LogP) is 0.991. The molecule has 0 saturated heterocycles. The zero-order valence-electron chi connectivity index (χ0n) is 10.1. The average molecular weight is 269 g/mol. The van der Waals surface area contributed by atoms with Gasteiger partial charge in [-0.25, -0.2) is 9.37 Å². The Morgan fingerprint density at radius 3 is 2.55 bits per heavy atom. The van der Waals surface area contributed by atoms with Crippen LogP contribution in [0.4, 0.5) is 15.9 Å². The highest BCUT2D eigenvalue weighted by atomic mass is 19.1. The molecule has 0 atom stereocenters. The second-order valence-electron chi connectivity index (χ2n) is 4.05. The molecule has 3 aromatic rings. The van der Waals surface area contributed by atoms with Gasteiger partial charge >= 0.3 is 0 Å². The standard InChI is InChI=1S/C12H8FN7/c13-6-1-3-7(4-2-6)20-12-10(18-19-20)9(15)8(5-14)11(16)17-12/h1-4H,(H4,15,16,17). The van der Waals surface area contributed by atoms with Gasteiger partial charge in [0.2, 0.25) is 0 Å². The lowest BCUT2D eigenvalue weighted by molar-refractivity contribution is 0.627. The summed E-state index contributed by atoms with van der Waals surface area (Å²) in [5.41, 5.74) is 12.9. The van der Waals surface area contributed by atoms with Crippen molar-refractivity contribution in [3.05, 3.63) is 35.6 Å². The van der Waals surface area contributed by atoms with Crippen molar-refractivity contribution in [1.82, 2.24) is 20.0 Å². The molecular weight excluding hydrogens is 261 g/mol. The first-order valence-electron chi connectivity index (χ1n) is 5.58. The van der Waals surface area contributed by atoms with Crippen LogP contribution in [0.2, 0.25) is 0 Å². The maximum absolute atomic E-state index is 12.9. The monoisotopic (exact) mass is 269 g/mol. The summed E-state index contributed by atoms with van der Waals surface area (Å²) in [7, 11) is 0. The van der Waals surface area contributed by atoms with Crippen molar-refractivity contribution in [2.24, 2.45) is 0 Å². The van der Waals surface area contributed by atoms with Crippen molar-refractivity contribution in [1.29, 1.82) is 5.26 Å². The summed E-state index contributed by atoms with van der Waals surface area (Å²) in [4.78, 5) is 4.09. The number of pyridine rings is 1. The number of hydrogen-bond acceptors (Lipinski definition) is 6. The van der Waals surface area contributed by atoms with Crippen LogP contribution < -0.4 is 11.5 Å². The zero-order valence-corrected chi connectivity index (χ0v) is 10.1. The second-order valence-corrected chi connectivity index (χ2v) is 4.05. The Kier molecular flexibility index (Phi) is 2.47. The van der Waals surface area contributed by atoms with E-state index in [0.29, 0.717) is 11.3 Å². The van der Waals surface area contributed by atoms with Crippen molar-refractivity contribution < 1.29 is 4.39 Å². The molecule has 2 aromatic heterocycles. The quantitative estimate of drug-likeness (QED) is 0.679. The number of aromatic nitrogens is 4. The fourth-order valence-corrected chi connectivity index (χ4v) is 1.85. The molecule has 0 unspecified atom stereocenters. The molecule has 0 saturated carbocycles. The van der Waals surface area contributed by atoms with Gasteiger partial charge in [0.25, 0.3) is 0 Å². The Morgan fingerprint density at radius 1 is 1.20 bits per heavy atom. The van der Waals surface area contributed by atoms with E-state index in [0.717, 1.165) is 0 Å². The Morgan fingerprint density at radius 2 is 1.90 bits per heavy atom. The molecule has 3 rings (SSSR count). The molecule has 98 valence electrons. The van der Waals surface area contributed by atoms with Gasteiger partial charge in [0.15, 0.2) is 11.2 Å². The van der Waals surface area contributed by atoms with E-state index in [1.165, 1.54) is 28.9 Å². The SMILES string of the molecule is N#Cc1c(N)nc2c(nnn2-c2ccc(F)cc2)c1N. The van der Waals surface area contributed by atoms with Crippen molar-refractivity contribution in [2.45, 2.75) is 0 Å². The highest BCUT2D eigenvalue weighted by molar-refractivity contribution is 5.91. The molecule has 0 aliphatic heterocycles. The molecule has 4 N–H and O–H groups in total. The number of fused-ring (bicyclic) bond motifs is 1. The lowest BCUT2D eigenvalue weighted by Crippen LogP contribution is -2.04. The number of nitriles is 1. The lowest BCUT2D eigenvalue weighted by atomic mass is 10.2. The molecule has 0 aliphatic carbocycles. The van der Waals surface area contributed by atoms with E-state index in [4.69, 9.17) is 16.7 Å². The Balaban J connectivity index is 2.30. The molecule has 7 nitrogen and oxygen atoms in total. The minimum absolute atomic E-state index is 0.00293. The minimum atomic E-state index is -0.364. The van der Waals surface area contributed by atoms with Gasteiger partial charge in [-0.1, -0.05) is 5.21 Å². The number of rotatable bonds is 1. The molecule has 0 fully saturated rings. The van der Waals surface area contributed by atoms with Crippen LogP contribution in [0.1, 0.15) is 5.56 Å². The molecule has 0 bridgehead atoms. The van der Waals surface area contributed by atoms with Gasteiger partial charge in [-0.05, 0) is 24.3 Å². The molecule has 0 amide bonds. The van der Waals surface area contributed by atoms with Crippen LogP contribution >= 0.6 is 0 Å². The van der Waals surface area contributed by atoms with Gasteiger partial charge in [-0.3, -0.25) is 0 Å². The van der Waals surface area contributed by atoms with E-state index < -0.39 is 0 Å². The number of nitrogen functional groups attached to an aromatic ring is 2. The molecule has 20 heavy (non-hydrogen) atoms. The van der Waals surface area contributed by atoms with E-state index in [2.05, 4.69) is 15.3 Å². The summed E-state index contributed by atoms with van der Waals surface area (Å²) < 4.78 is 14.3.